The van der Waals surface area contributed by atoms with E-state index < -0.39 is 0 Å². The minimum Gasteiger partial charge on any atom is -0.363 e. The summed E-state index contributed by atoms with van der Waals surface area (Å²) in [6.07, 6.45) is 4.68. The molecule has 0 radical (unpaired) electrons. The van der Waals surface area contributed by atoms with Crippen molar-refractivity contribution in [1.29, 1.82) is 0 Å². The van der Waals surface area contributed by atoms with Gasteiger partial charge >= 0.3 is 0 Å². The molecule has 1 aliphatic rings. The van der Waals surface area contributed by atoms with Crippen LogP contribution in [0.1, 0.15) is 18.4 Å². The maximum atomic E-state index is 4.79. The van der Waals surface area contributed by atoms with Gasteiger partial charge in [0.2, 0.25) is 0 Å². The standard InChI is InChI=1S/C22H25N3S/c1-24-14-7-12-22(24)23-13-15-26-21-17-25(16-18-8-3-2-4-9-18)20-11-6-5-10-19(20)21/h2-6,8-11,17H,7,12-16H2,1H3/b23-22+. The number of thioether (sulfide) groups is 1. The zero-order valence-electron chi connectivity index (χ0n) is 15.3. The van der Waals surface area contributed by atoms with Gasteiger partial charge in [0.1, 0.15) is 0 Å². The van der Waals surface area contributed by atoms with E-state index in [4.69, 9.17) is 4.99 Å². The number of likely N-dealkylation sites (tertiary alicyclic amines) is 1. The van der Waals surface area contributed by atoms with Gasteiger partial charge in [-0.15, -0.1) is 11.8 Å². The largest absolute Gasteiger partial charge is 0.363 e. The summed E-state index contributed by atoms with van der Waals surface area (Å²) in [4.78, 5) is 8.43. The Morgan fingerprint density at radius 3 is 2.65 bits per heavy atom. The summed E-state index contributed by atoms with van der Waals surface area (Å²) in [5.74, 6) is 2.30. The Hall–Kier alpha value is -2.20. The lowest BCUT2D eigenvalue weighted by atomic mass is 10.2. The van der Waals surface area contributed by atoms with E-state index in [9.17, 15) is 0 Å². The molecule has 3 aromatic rings. The molecule has 0 saturated carbocycles. The molecule has 1 fully saturated rings. The molecule has 0 amide bonds. The van der Waals surface area contributed by atoms with Gasteiger partial charge in [-0.2, -0.15) is 0 Å². The van der Waals surface area contributed by atoms with Gasteiger partial charge in [0.25, 0.3) is 0 Å². The molecule has 4 heteroatoms. The Bertz CT molecular complexity index is 898. The van der Waals surface area contributed by atoms with Crippen LogP contribution in [-0.2, 0) is 6.54 Å². The van der Waals surface area contributed by atoms with Crippen molar-refractivity contribution < 1.29 is 0 Å². The molecule has 134 valence electrons. The Morgan fingerprint density at radius 1 is 1.04 bits per heavy atom. The van der Waals surface area contributed by atoms with Crippen LogP contribution in [0.4, 0.5) is 0 Å². The summed E-state index contributed by atoms with van der Waals surface area (Å²) >= 11 is 1.92. The molecule has 2 aromatic carbocycles. The van der Waals surface area contributed by atoms with Gasteiger partial charge in [-0.05, 0) is 18.1 Å². The van der Waals surface area contributed by atoms with Gasteiger partial charge in [-0.25, -0.2) is 0 Å². The summed E-state index contributed by atoms with van der Waals surface area (Å²) in [6.45, 7) is 2.95. The van der Waals surface area contributed by atoms with E-state index in [0.717, 1.165) is 31.8 Å². The quantitative estimate of drug-likeness (QED) is 0.458. The van der Waals surface area contributed by atoms with E-state index in [1.165, 1.54) is 33.6 Å². The summed E-state index contributed by atoms with van der Waals surface area (Å²) in [7, 11) is 2.15. The predicted molar refractivity (Wildman–Crippen MR) is 112 cm³/mol. The minimum atomic E-state index is 0.891. The molecular weight excluding hydrogens is 338 g/mol. The normalized spacial score (nSPS) is 16.0. The van der Waals surface area contributed by atoms with Gasteiger partial charge in [0.15, 0.2) is 0 Å². The maximum Gasteiger partial charge on any atom is 0.0987 e. The van der Waals surface area contributed by atoms with Crippen molar-refractivity contribution >= 4 is 28.5 Å². The Morgan fingerprint density at radius 2 is 1.85 bits per heavy atom. The van der Waals surface area contributed by atoms with Crippen LogP contribution < -0.4 is 0 Å². The van der Waals surface area contributed by atoms with Crippen LogP contribution in [0, 0.1) is 0 Å². The van der Waals surface area contributed by atoms with Crippen molar-refractivity contribution in [3.63, 3.8) is 0 Å². The highest BCUT2D eigenvalue weighted by Crippen LogP contribution is 2.30. The number of aromatic nitrogens is 1. The van der Waals surface area contributed by atoms with Crippen LogP contribution in [0.3, 0.4) is 0 Å². The zero-order valence-corrected chi connectivity index (χ0v) is 16.1. The molecule has 0 aliphatic carbocycles. The lowest BCUT2D eigenvalue weighted by Gasteiger charge is -2.10. The van der Waals surface area contributed by atoms with Gasteiger partial charge < -0.3 is 9.47 Å². The van der Waals surface area contributed by atoms with Crippen LogP contribution in [0.15, 0.2) is 70.7 Å². The van der Waals surface area contributed by atoms with Crippen molar-refractivity contribution in [2.45, 2.75) is 24.3 Å². The average Bonchev–Trinajstić information content (AvgIpc) is 3.24. The highest BCUT2D eigenvalue weighted by Gasteiger charge is 2.13. The van der Waals surface area contributed by atoms with Crippen molar-refractivity contribution in [2.24, 2.45) is 4.99 Å². The smallest absolute Gasteiger partial charge is 0.0987 e. The Balaban J connectivity index is 1.48. The Kier molecular flexibility index (Phi) is 5.30. The fourth-order valence-corrected chi connectivity index (χ4v) is 4.50. The van der Waals surface area contributed by atoms with Crippen LogP contribution in [-0.4, -0.2) is 41.2 Å². The van der Waals surface area contributed by atoms with E-state index in [0.29, 0.717) is 0 Å². The molecule has 0 atom stereocenters. The molecule has 0 spiro atoms. The number of fused-ring (bicyclic) bond motifs is 1. The molecule has 0 unspecified atom stereocenters. The lowest BCUT2D eigenvalue weighted by molar-refractivity contribution is 0.548. The second-order valence-corrected chi connectivity index (χ2v) is 7.93. The molecule has 1 saturated heterocycles. The second kappa shape index (κ2) is 8.00. The third kappa shape index (κ3) is 3.80. The predicted octanol–water partition coefficient (Wildman–Crippen LogP) is 4.91. The number of hydrogen-bond donors (Lipinski definition) is 0. The first-order valence-corrected chi connectivity index (χ1v) is 10.3. The minimum absolute atomic E-state index is 0.891. The van der Waals surface area contributed by atoms with Gasteiger partial charge in [-0.1, -0.05) is 48.5 Å². The molecule has 26 heavy (non-hydrogen) atoms. The summed E-state index contributed by atoms with van der Waals surface area (Å²) in [5, 5.41) is 1.35. The molecule has 0 N–H and O–H groups in total. The Labute approximate surface area is 159 Å². The second-order valence-electron chi connectivity index (χ2n) is 6.80. The average molecular weight is 364 g/mol. The molecule has 3 nitrogen and oxygen atoms in total. The van der Waals surface area contributed by atoms with Crippen molar-refractivity contribution in [3.05, 3.63) is 66.4 Å². The van der Waals surface area contributed by atoms with E-state index in [2.05, 4.69) is 77.3 Å². The number of hydrogen-bond acceptors (Lipinski definition) is 2. The molecule has 4 rings (SSSR count). The summed E-state index contributed by atoms with van der Waals surface area (Å²) in [5.41, 5.74) is 2.64. The number of rotatable bonds is 6. The molecule has 0 bridgehead atoms. The number of para-hydroxylation sites is 1. The van der Waals surface area contributed by atoms with Gasteiger partial charge in [0, 0.05) is 54.3 Å². The number of nitrogens with zero attached hydrogens (tertiary/aromatic N) is 3. The highest BCUT2D eigenvalue weighted by molar-refractivity contribution is 7.99. The summed E-state index contributed by atoms with van der Waals surface area (Å²) < 4.78 is 2.36. The lowest BCUT2D eigenvalue weighted by Crippen LogP contribution is -2.19. The summed E-state index contributed by atoms with van der Waals surface area (Å²) in [6, 6.07) is 19.4. The van der Waals surface area contributed by atoms with Crippen LogP contribution >= 0.6 is 11.8 Å². The maximum absolute atomic E-state index is 4.79. The van der Waals surface area contributed by atoms with Crippen molar-refractivity contribution in [1.82, 2.24) is 9.47 Å². The molecular formula is C22H25N3S. The number of amidine groups is 1. The third-order valence-corrected chi connectivity index (χ3v) is 5.95. The first-order valence-electron chi connectivity index (χ1n) is 9.30. The molecule has 1 aromatic heterocycles. The number of aliphatic imine (C=N–C) groups is 1. The highest BCUT2D eigenvalue weighted by atomic mass is 32.2. The van der Waals surface area contributed by atoms with E-state index in [-0.39, 0.29) is 0 Å². The number of benzene rings is 2. The molecule has 1 aliphatic heterocycles. The van der Waals surface area contributed by atoms with Crippen molar-refractivity contribution in [2.75, 3.05) is 25.9 Å². The van der Waals surface area contributed by atoms with E-state index in [1.807, 2.05) is 11.8 Å². The van der Waals surface area contributed by atoms with Gasteiger partial charge in [0.05, 0.1) is 12.4 Å². The first-order chi connectivity index (χ1) is 12.8. The van der Waals surface area contributed by atoms with Gasteiger partial charge in [-0.3, -0.25) is 4.99 Å². The van der Waals surface area contributed by atoms with Crippen LogP contribution in [0.5, 0.6) is 0 Å². The third-order valence-electron chi connectivity index (χ3n) is 4.93. The zero-order chi connectivity index (χ0) is 17.8. The fraction of sp³-hybridized carbons (Fsp3) is 0.318. The first kappa shape index (κ1) is 17.2. The monoisotopic (exact) mass is 363 g/mol. The van der Waals surface area contributed by atoms with E-state index in [1.54, 1.807) is 0 Å². The van der Waals surface area contributed by atoms with E-state index >= 15 is 0 Å². The van der Waals surface area contributed by atoms with Crippen molar-refractivity contribution in [3.8, 4) is 0 Å². The van der Waals surface area contributed by atoms with Crippen LogP contribution in [0.2, 0.25) is 0 Å². The topological polar surface area (TPSA) is 20.5 Å². The molecule has 2 heterocycles. The fourth-order valence-electron chi connectivity index (χ4n) is 3.56. The SMILES string of the molecule is CN1CCC/C1=N\CCSc1cn(Cc2ccccc2)c2ccccc12. The van der Waals surface area contributed by atoms with Crippen LogP contribution in [0.25, 0.3) is 10.9 Å².